The Labute approximate surface area is 51.3 Å². The highest BCUT2D eigenvalue weighted by molar-refractivity contribution is 5.19. The van der Waals surface area contributed by atoms with Gasteiger partial charge in [-0.15, -0.1) is 0 Å². The fourth-order valence-corrected chi connectivity index (χ4v) is 0.485. The first-order valence-corrected chi connectivity index (χ1v) is 2.26. The Kier molecular flexibility index (Phi) is 1.19. The average Bonchev–Trinajstić information content (AvgIpc) is 2.12. The zero-order chi connectivity index (χ0) is 6.85. The van der Waals surface area contributed by atoms with Crippen LogP contribution in [0.3, 0.4) is 0 Å². The minimum Gasteiger partial charge on any atom is -0.255 e. The highest BCUT2D eigenvalue weighted by atomic mass is 19.1. The van der Waals surface area contributed by atoms with E-state index in [1.165, 1.54) is 7.05 Å². The number of nitriles is 1. The molecule has 0 unspecified atom stereocenters. The molecule has 0 bridgehead atoms. The van der Waals surface area contributed by atoms with Gasteiger partial charge in [-0.2, -0.15) is 10.4 Å². The lowest BCUT2D eigenvalue weighted by atomic mass is 10.4. The van der Waals surface area contributed by atoms with Crippen molar-refractivity contribution in [1.82, 2.24) is 9.78 Å². The van der Waals surface area contributed by atoms with Crippen molar-refractivity contribution >= 4 is 0 Å². The Morgan fingerprint density at radius 3 is 2.78 bits per heavy atom. The lowest BCUT2D eigenvalue weighted by Gasteiger charge is -1.85. The van der Waals surface area contributed by atoms with Crippen molar-refractivity contribution in [3.63, 3.8) is 0 Å². The van der Waals surface area contributed by atoms with E-state index in [1.54, 1.807) is 6.07 Å². The molecular formula is C5H3FN3. The molecule has 3 nitrogen and oxygen atoms in total. The van der Waals surface area contributed by atoms with Crippen LogP contribution in [0.1, 0.15) is 5.69 Å². The second-order valence-electron chi connectivity index (χ2n) is 1.51. The van der Waals surface area contributed by atoms with Gasteiger partial charge >= 0.3 is 0 Å². The minimum absolute atomic E-state index is 0.0880. The summed E-state index contributed by atoms with van der Waals surface area (Å²) >= 11 is 0. The molecule has 0 saturated carbocycles. The summed E-state index contributed by atoms with van der Waals surface area (Å²) in [6.07, 6.45) is 2.01. The van der Waals surface area contributed by atoms with Crippen LogP contribution in [0.25, 0.3) is 0 Å². The van der Waals surface area contributed by atoms with Gasteiger partial charge in [0.25, 0.3) is 0 Å². The zero-order valence-electron chi connectivity index (χ0n) is 4.72. The van der Waals surface area contributed by atoms with E-state index in [0.717, 1.165) is 4.68 Å². The summed E-state index contributed by atoms with van der Waals surface area (Å²) < 4.78 is 13.4. The van der Waals surface area contributed by atoms with Gasteiger partial charge in [-0.05, 0) is 0 Å². The number of hydrogen-bond acceptors (Lipinski definition) is 2. The monoisotopic (exact) mass is 124 g/mol. The third-order valence-electron chi connectivity index (χ3n) is 0.936. The summed E-state index contributed by atoms with van der Waals surface area (Å²) in [5, 5.41) is 11.6. The van der Waals surface area contributed by atoms with Crippen LogP contribution in [0.5, 0.6) is 0 Å². The van der Waals surface area contributed by atoms with Gasteiger partial charge in [0.05, 0.1) is 0 Å². The summed E-state index contributed by atoms with van der Waals surface area (Å²) in [5.74, 6) is -0.694. The molecule has 4 heteroatoms. The van der Waals surface area contributed by atoms with Gasteiger partial charge in [-0.1, -0.05) is 0 Å². The molecule has 0 aliphatic rings. The van der Waals surface area contributed by atoms with Gasteiger partial charge < -0.3 is 0 Å². The Balaban J connectivity index is 3.27. The Hall–Kier alpha value is -1.37. The number of nitrogens with zero attached hydrogens (tertiary/aromatic N) is 3. The van der Waals surface area contributed by atoms with Crippen LogP contribution in [0, 0.1) is 23.3 Å². The molecule has 0 atom stereocenters. The average molecular weight is 124 g/mol. The van der Waals surface area contributed by atoms with Gasteiger partial charge in [0.2, 0.25) is 0 Å². The van der Waals surface area contributed by atoms with Crippen LogP contribution in [0.15, 0.2) is 0 Å². The summed E-state index contributed by atoms with van der Waals surface area (Å²) in [4.78, 5) is 0. The van der Waals surface area contributed by atoms with E-state index >= 15 is 0 Å². The molecule has 0 amide bonds. The molecule has 0 aliphatic heterocycles. The second-order valence-corrected chi connectivity index (χ2v) is 1.51. The predicted molar refractivity (Wildman–Crippen MR) is 26.7 cm³/mol. The Bertz CT molecular complexity index is 238. The summed E-state index contributed by atoms with van der Waals surface area (Å²) in [5.41, 5.74) is -0.0880. The standard InChI is InChI=1S/C5H3FN3/c1-9-5(2-7)4(6)3-8-9/h1H3. The van der Waals surface area contributed by atoms with Crippen molar-refractivity contribution in [3.8, 4) is 6.07 Å². The molecule has 0 N–H and O–H groups in total. The van der Waals surface area contributed by atoms with Crippen LogP contribution in [0.2, 0.25) is 0 Å². The second kappa shape index (κ2) is 1.86. The van der Waals surface area contributed by atoms with Crippen molar-refractivity contribution in [2.75, 3.05) is 0 Å². The van der Waals surface area contributed by atoms with E-state index in [1.807, 2.05) is 6.20 Å². The van der Waals surface area contributed by atoms with Gasteiger partial charge in [0, 0.05) is 7.05 Å². The maximum absolute atomic E-state index is 12.2. The third-order valence-corrected chi connectivity index (χ3v) is 0.936. The molecule has 1 rings (SSSR count). The molecule has 45 valence electrons. The molecule has 0 fully saturated rings. The molecule has 0 aromatic carbocycles. The number of rotatable bonds is 0. The van der Waals surface area contributed by atoms with E-state index in [9.17, 15) is 4.39 Å². The fraction of sp³-hybridized carbons (Fsp3) is 0.200. The van der Waals surface area contributed by atoms with Crippen molar-refractivity contribution < 1.29 is 4.39 Å². The third kappa shape index (κ3) is 0.765. The highest BCUT2D eigenvalue weighted by Crippen LogP contribution is 1.99. The maximum Gasteiger partial charge on any atom is 0.188 e. The van der Waals surface area contributed by atoms with Crippen molar-refractivity contribution in [2.45, 2.75) is 0 Å². The van der Waals surface area contributed by atoms with Gasteiger partial charge in [-0.25, -0.2) is 4.39 Å². The molecular weight excluding hydrogens is 121 g/mol. The molecule has 1 aromatic heterocycles. The minimum atomic E-state index is -0.694. The van der Waals surface area contributed by atoms with Crippen molar-refractivity contribution in [2.24, 2.45) is 7.05 Å². The van der Waals surface area contributed by atoms with E-state index in [4.69, 9.17) is 5.26 Å². The first kappa shape index (κ1) is 5.76. The van der Waals surface area contributed by atoms with Crippen LogP contribution >= 0.6 is 0 Å². The Morgan fingerprint density at radius 1 is 1.89 bits per heavy atom. The number of hydrogen-bond donors (Lipinski definition) is 0. The van der Waals surface area contributed by atoms with E-state index < -0.39 is 5.82 Å². The normalized spacial score (nSPS) is 9.00. The number of aryl methyl sites for hydroxylation is 1. The van der Waals surface area contributed by atoms with Crippen molar-refractivity contribution in [1.29, 1.82) is 5.26 Å². The lowest BCUT2D eigenvalue weighted by molar-refractivity contribution is 0.617. The largest absolute Gasteiger partial charge is 0.255 e. The van der Waals surface area contributed by atoms with Crippen LogP contribution in [0.4, 0.5) is 4.39 Å². The number of halogens is 1. The molecule has 1 heterocycles. The Morgan fingerprint density at radius 2 is 2.56 bits per heavy atom. The number of aromatic nitrogens is 2. The SMILES string of the molecule is Cn1n[c]c(F)c1C#N. The van der Waals surface area contributed by atoms with Crippen molar-refractivity contribution in [3.05, 3.63) is 17.7 Å². The highest BCUT2D eigenvalue weighted by Gasteiger charge is 2.05. The van der Waals surface area contributed by atoms with Crippen LogP contribution in [-0.2, 0) is 7.05 Å². The van der Waals surface area contributed by atoms with Crippen LogP contribution < -0.4 is 0 Å². The topological polar surface area (TPSA) is 41.6 Å². The smallest absolute Gasteiger partial charge is 0.188 e. The molecule has 0 spiro atoms. The fourth-order valence-electron chi connectivity index (χ4n) is 0.485. The van der Waals surface area contributed by atoms with Gasteiger partial charge in [-0.3, -0.25) is 4.68 Å². The first-order chi connectivity index (χ1) is 4.25. The molecule has 9 heavy (non-hydrogen) atoms. The molecule has 1 radical (unpaired) electrons. The quantitative estimate of drug-likeness (QED) is 0.496. The summed E-state index contributed by atoms with van der Waals surface area (Å²) in [6, 6.07) is 1.64. The molecule has 0 aliphatic carbocycles. The maximum atomic E-state index is 12.2. The predicted octanol–water partition coefficient (Wildman–Crippen LogP) is 0.231. The first-order valence-electron chi connectivity index (χ1n) is 2.26. The summed E-state index contributed by atoms with van der Waals surface area (Å²) in [7, 11) is 1.48. The van der Waals surface area contributed by atoms with E-state index in [2.05, 4.69) is 5.10 Å². The zero-order valence-corrected chi connectivity index (χ0v) is 4.72. The van der Waals surface area contributed by atoms with Gasteiger partial charge in [0.15, 0.2) is 17.7 Å². The van der Waals surface area contributed by atoms with E-state index in [-0.39, 0.29) is 5.69 Å². The van der Waals surface area contributed by atoms with E-state index in [0.29, 0.717) is 0 Å². The lowest BCUT2D eigenvalue weighted by Crippen LogP contribution is -1.93. The van der Waals surface area contributed by atoms with Crippen LogP contribution in [-0.4, -0.2) is 9.78 Å². The van der Waals surface area contributed by atoms with Gasteiger partial charge in [0.1, 0.15) is 6.07 Å². The molecule has 0 saturated heterocycles. The molecule has 1 aromatic rings. The summed E-state index contributed by atoms with van der Waals surface area (Å²) in [6.45, 7) is 0.